The molecule has 0 radical (unpaired) electrons. The lowest BCUT2D eigenvalue weighted by Crippen LogP contribution is -2.33. The maximum absolute atomic E-state index is 14.1. The molecule has 7 nitrogen and oxygen atoms in total. The van der Waals surface area contributed by atoms with Crippen molar-refractivity contribution in [3.63, 3.8) is 0 Å². The van der Waals surface area contributed by atoms with Crippen molar-refractivity contribution in [3.05, 3.63) is 82.1 Å². The first-order valence-corrected chi connectivity index (χ1v) is 12.6. The smallest absolute Gasteiger partial charge is 0.265 e. The first-order valence-electron chi connectivity index (χ1n) is 11.0. The summed E-state index contributed by atoms with van der Waals surface area (Å²) >= 11 is 14.3. The molecule has 2 aromatic carbocycles. The second kappa shape index (κ2) is 11.0. The highest BCUT2D eigenvalue weighted by atomic mass is 35.5. The van der Waals surface area contributed by atoms with Crippen molar-refractivity contribution >= 4 is 68.2 Å². The number of halogens is 3. The molecule has 186 valence electrons. The molecule has 0 aliphatic carbocycles. The molecule has 3 heterocycles. The third-order valence-corrected chi connectivity index (χ3v) is 7.59. The van der Waals surface area contributed by atoms with Crippen molar-refractivity contribution in [2.75, 3.05) is 11.4 Å². The normalized spacial score (nSPS) is 11.0. The van der Waals surface area contributed by atoms with Gasteiger partial charge in [0.2, 0.25) is 0 Å². The van der Waals surface area contributed by atoms with Crippen LogP contribution in [-0.2, 0) is 6.54 Å². The van der Waals surface area contributed by atoms with Crippen LogP contribution in [-0.4, -0.2) is 32.1 Å². The lowest BCUT2D eigenvalue weighted by molar-refractivity contribution is 0.0985. The molecule has 5 rings (SSSR count). The standard InChI is InChI=1S/C25H21Cl2N5O2S.ClH/c1-15-8-9-19(27)23-21(15)29-25(35-23)32(12-5-11-31-13-10-28-14-31)24(33)20-16(2)34-30-22(20)17-6-3-4-7-18(17)26;/h3-4,6-10,13-14H,5,11-12H2,1-2H3;1H. The number of anilines is 1. The van der Waals surface area contributed by atoms with Crippen LogP contribution >= 0.6 is 46.9 Å². The summed E-state index contributed by atoms with van der Waals surface area (Å²) in [7, 11) is 0. The molecule has 36 heavy (non-hydrogen) atoms. The quantitative estimate of drug-likeness (QED) is 0.209. The highest BCUT2D eigenvalue weighted by Gasteiger charge is 2.30. The molecular formula is C25H22Cl3N5O2S. The molecule has 0 aliphatic heterocycles. The zero-order chi connectivity index (χ0) is 24.5. The zero-order valence-electron chi connectivity index (χ0n) is 19.4. The second-order valence-electron chi connectivity index (χ2n) is 8.09. The van der Waals surface area contributed by atoms with Crippen molar-refractivity contribution in [3.8, 4) is 11.3 Å². The maximum Gasteiger partial charge on any atom is 0.265 e. The van der Waals surface area contributed by atoms with Crippen LogP contribution in [0.25, 0.3) is 21.5 Å². The number of carbonyl (C=O) groups is 1. The lowest BCUT2D eigenvalue weighted by atomic mass is 10.1. The molecule has 11 heteroatoms. The number of hydrogen-bond donors (Lipinski definition) is 0. The van der Waals surface area contributed by atoms with E-state index in [-0.39, 0.29) is 18.3 Å². The van der Waals surface area contributed by atoms with Gasteiger partial charge in [-0.15, -0.1) is 12.4 Å². The van der Waals surface area contributed by atoms with Crippen molar-refractivity contribution in [1.82, 2.24) is 19.7 Å². The summed E-state index contributed by atoms with van der Waals surface area (Å²) in [5, 5.41) is 5.84. The number of hydrogen-bond acceptors (Lipinski definition) is 6. The average molecular weight is 563 g/mol. The molecule has 0 atom stereocenters. The number of carbonyl (C=O) groups excluding carboxylic acids is 1. The Hall–Kier alpha value is -2.91. The van der Waals surface area contributed by atoms with E-state index in [2.05, 4.69) is 10.1 Å². The number of nitrogens with zero attached hydrogens (tertiary/aromatic N) is 5. The largest absolute Gasteiger partial charge is 0.360 e. The third kappa shape index (κ3) is 4.99. The van der Waals surface area contributed by atoms with Gasteiger partial charge in [-0.1, -0.05) is 64.0 Å². The predicted molar refractivity (Wildman–Crippen MR) is 147 cm³/mol. The summed E-state index contributed by atoms with van der Waals surface area (Å²) in [5.41, 5.74) is 3.20. The fourth-order valence-corrected chi connectivity index (χ4v) is 5.48. The molecule has 5 aromatic rings. The van der Waals surface area contributed by atoms with Crippen molar-refractivity contribution < 1.29 is 9.32 Å². The number of benzene rings is 2. The van der Waals surface area contributed by atoms with E-state index < -0.39 is 0 Å². The maximum atomic E-state index is 14.1. The van der Waals surface area contributed by atoms with Crippen LogP contribution in [0.3, 0.4) is 0 Å². The van der Waals surface area contributed by atoms with E-state index in [4.69, 9.17) is 32.7 Å². The Bertz CT molecular complexity index is 1470. The number of fused-ring (bicyclic) bond motifs is 1. The molecule has 0 unspecified atom stereocenters. The van der Waals surface area contributed by atoms with E-state index in [0.717, 1.165) is 15.8 Å². The Morgan fingerprint density at radius 3 is 2.67 bits per heavy atom. The lowest BCUT2D eigenvalue weighted by Gasteiger charge is -2.20. The predicted octanol–water partition coefficient (Wildman–Crippen LogP) is 7.23. The Morgan fingerprint density at radius 2 is 1.94 bits per heavy atom. The summed E-state index contributed by atoms with van der Waals surface area (Å²) < 4.78 is 8.29. The van der Waals surface area contributed by atoms with Gasteiger partial charge >= 0.3 is 0 Å². The van der Waals surface area contributed by atoms with Gasteiger partial charge in [-0.25, -0.2) is 9.97 Å². The van der Waals surface area contributed by atoms with Gasteiger partial charge < -0.3 is 9.09 Å². The highest BCUT2D eigenvalue weighted by Crippen LogP contribution is 2.38. The van der Waals surface area contributed by atoms with Gasteiger partial charge in [0.25, 0.3) is 5.91 Å². The second-order valence-corrected chi connectivity index (χ2v) is 9.88. The van der Waals surface area contributed by atoms with Crippen LogP contribution in [0, 0.1) is 13.8 Å². The monoisotopic (exact) mass is 561 g/mol. The molecule has 0 saturated heterocycles. The number of thiazole rings is 1. The Morgan fingerprint density at radius 1 is 1.14 bits per heavy atom. The minimum absolute atomic E-state index is 0. The third-order valence-electron chi connectivity index (χ3n) is 5.72. The summed E-state index contributed by atoms with van der Waals surface area (Å²) in [4.78, 5) is 24.7. The van der Waals surface area contributed by atoms with Crippen molar-refractivity contribution in [1.29, 1.82) is 0 Å². The van der Waals surface area contributed by atoms with Gasteiger partial charge in [-0.05, 0) is 38.0 Å². The topological polar surface area (TPSA) is 77.0 Å². The van der Waals surface area contributed by atoms with Crippen LogP contribution in [0.4, 0.5) is 5.13 Å². The first-order chi connectivity index (χ1) is 16.9. The number of imidazole rings is 1. The SMILES string of the molecule is Cc1onc(-c2ccccc2Cl)c1C(=O)N(CCCn1ccnc1)c1nc2c(C)ccc(Cl)c2s1.Cl. The molecule has 0 N–H and O–H groups in total. The van der Waals surface area contributed by atoms with E-state index in [9.17, 15) is 4.79 Å². The number of amides is 1. The van der Waals surface area contributed by atoms with Gasteiger partial charge in [0, 0.05) is 31.0 Å². The van der Waals surface area contributed by atoms with Gasteiger partial charge in [-0.3, -0.25) is 9.69 Å². The van der Waals surface area contributed by atoms with E-state index >= 15 is 0 Å². The first kappa shape index (κ1) is 26.2. The van der Waals surface area contributed by atoms with E-state index in [1.807, 2.05) is 48.0 Å². The highest BCUT2D eigenvalue weighted by molar-refractivity contribution is 7.23. The van der Waals surface area contributed by atoms with Gasteiger partial charge in [0.15, 0.2) is 5.13 Å². The van der Waals surface area contributed by atoms with Crippen LogP contribution < -0.4 is 4.90 Å². The minimum Gasteiger partial charge on any atom is -0.360 e. The van der Waals surface area contributed by atoms with Crippen molar-refractivity contribution in [2.24, 2.45) is 0 Å². The fourth-order valence-electron chi connectivity index (χ4n) is 3.92. The van der Waals surface area contributed by atoms with E-state index in [1.54, 1.807) is 30.4 Å². The molecule has 0 spiro atoms. The van der Waals surface area contributed by atoms with E-state index in [1.165, 1.54) is 11.3 Å². The molecule has 0 aliphatic rings. The Labute approximate surface area is 228 Å². The van der Waals surface area contributed by atoms with Gasteiger partial charge in [0.1, 0.15) is 17.0 Å². The zero-order valence-corrected chi connectivity index (χ0v) is 22.6. The Kier molecular flexibility index (Phi) is 8.00. The van der Waals surface area contributed by atoms with Gasteiger partial charge in [0.05, 0.1) is 26.6 Å². The number of rotatable bonds is 7. The van der Waals surface area contributed by atoms with E-state index in [0.29, 0.717) is 57.3 Å². The van der Waals surface area contributed by atoms with Crippen LogP contribution in [0.1, 0.15) is 28.1 Å². The average Bonchev–Trinajstić information content (AvgIpc) is 3.60. The molecule has 1 amide bonds. The molecule has 0 fully saturated rings. The molecule has 0 bridgehead atoms. The minimum atomic E-state index is -0.253. The molecule has 0 saturated carbocycles. The van der Waals surface area contributed by atoms with Gasteiger partial charge in [-0.2, -0.15) is 0 Å². The number of aryl methyl sites for hydroxylation is 3. The fraction of sp³-hybridized carbons (Fsp3) is 0.200. The molecule has 3 aromatic heterocycles. The van der Waals surface area contributed by atoms with Crippen LogP contribution in [0.2, 0.25) is 10.0 Å². The Balaban J connectivity index is 0.00000304. The summed E-state index contributed by atoms with van der Waals surface area (Å²) in [6.07, 6.45) is 6.08. The number of aromatic nitrogens is 4. The van der Waals surface area contributed by atoms with Crippen LogP contribution in [0.5, 0.6) is 0 Å². The summed E-state index contributed by atoms with van der Waals surface area (Å²) in [6, 6.07) is 11.0. The summed E-state index contributed by atoms with van der Waals surface area (Å²) in [5.74, 6) is 0.164. The summed E-state index contributed by atoms with van der Waals surface area (Å²) in [6.45, 7) is 4.84. The van der Waals surface area contributed by atoms with Crippen LogP contribution in [0.15, 0.2) is 59.6 Å². The molecular weight excluding hydrogens is 541 g/mol. The van der Waals surface area contributed by atoms with Crippen molar-refractivity contribution in [2.45, 2.75) is 26.8 Å².